The Balaban J connectivity index is 1.64. The predicted octanol–water partition coefficient (Wildman–Crippen LogP) is 2.49. The summed E-state index contributed by atoms with van der Waals surface area (Å²) in [7, 11) is 0. The van der Waals surface area contributed by atoms with Crippen molar-refractivity contribution >= 4 is 23.3 Å². The molecule has 1 N–H and O–H groups in total. The molecule has 1 aliphatic heterocycles. The monoisotopic (exact) mass is 410 g/mol. The number of carbonyl (C=O) groups is 2. The summed E-state index contributed by atoms with van der Waals surface area (Å²) in [6.45, 7) is 3.64. The molecule has 9 heteroatoms. The van der Waals surface area contributed by atoms with E-state index in [1.165, 1.54) is 6.20 Å². The van der Waals surface area contributed by atoms with E-state index in [-0.39, 0.29) is 17.7 Å². The van der Waals surface area contributed by atoms with E-state index < -0.39 is 0 Å². The Morgan fingerprint density at radius 2 is 2.10 bits per heavy atom. The van der Waals surface area contributed by atoms with E-state index in [0.29, 0.717) is 30.1 Å². The average Bonchev–Trinajstić information content (AvgIpc) is 3.44. The van der Waals surface area contributed by atoms with Gasteiger partial charge in [-0.2, -0.15) is 5.10 Å². The van der Waals surface area contributed by atoms with Gasteiger partial charge >= 0.3 is 0 Å². The van der Waals surface area contributed by atoms with Gasteiger partial charge in [0.2, 0.25) is 0 Å². The molecule has 1 atom stereocenters. The molecule has 4 rings (SSSR count). The molecule has 0 spiro atoms. The summed E-state index contributed by atoms with van der Waals surface area (Å²) < 4.78 is 5.53. The Kier molecular flexibility index (Phi) is 5.66. The molecule has 1 aromatic carbocycles. The summed E-state index contributed by atoms with van der Waals surface area (Å²) in [4.78, 5) is 27.8. The van der Waals surface area contributed by atoms with Gasteiger partial charge < -0.3 is 10.2 Å². The van der Waals surface area contributed by atoms with Gasteiger partial charge in [-0.3, -0.25) is 9.59 Å². The minimum atomic E-state index is -0.139. The normalized spacial score (nSPS) is 16.6. The SMILES string of the molecule is CCNC(=O)c1cn(-c2ccccc2)nc1[C@H]1CCCN(C(=O)c2cnns2)C1. The Morgan fingerprint density at radius 1 is 1.28 bits per heavy atom. The lowest BCUT2D eigenvalue weighted by molar-refractivity contribution is 0.0710. The fourth-order valence-electron chi connectivity index (χ4n) is 3.63. The molecule has 0 unspecified atom stereocenters. The molecule has 1 saturated heterocycles. The molecule has 2 amide bonds. The van der Waals surface area contributed by atoms with Crippen LogP contribution in [-0.4, -0.2) is 55.7 Å². The zero-order valence-electron chi connectivity index (χ0n) is 16.1. The van der Waals surface area contributed by atoms with Crippen LogP contribution in [0.2, 0.25) is 0 Å². The number of amides is 2. The van der Waals surface area contributed by atoms with Crippen LogP contribution in [0, 0.1) is 0 Å². The van der Waals surface area contributed by atoms with Gasteiger partial charge in [-0.05, 0) is 43.4 Å². The third-order valence-corrected chi connectivity index (χ3v) is 5.67. The minimum absolute atomic E-state index is 0.00357. The predicted molar refractivity (Wildman–Crippen MR) is 109 cm³/mol. The highest BCUT2D eigenvalue weighted by Gasteiger charge is 2.31. The standard InChI is InChI=1S/C20H22N6O2S/c1-2-21-19(27)16-13-26(15-8-4-3-5-9-15)23-18(16)14-7-6-10-25(12-14)20(28)17-11-22-24-29-17/h3-5,8-9,11,13-14H,2,6-7,10,12H2,1H3,(H,21,27)/t14-/m0/s1. The van der Waals surface area contributed by atoms with Gasteiger partial charge in [0.15, 0.2) is 0 Å². The summed E-state index contributed by atoms with van der Waals surface area (Å²) in [6, 6.07) is 9.72. The van der Waals surface area contributed by atoms with Gasteiger partial charge in [0, 0.05) is 31.7 Å². The fourth-order valence-corrected chi connectivity index (χ4v) is 4.12. The number of nitrogens with one attached hydrogen (secondary N) is 1. The Hall–Kier alpha value is -3.07. The first-order chi connectivity index (χ1) is 14.2. The van der Waals surface area contributed by atoms with Crippen molar-refractivity contribution in [3.8, 4) is 5.69 Å². The smallest absolute Gasteiger partial charge is 0.267 e. The second-order valence-corrected chi connectivity index (χ2v) is 7.73. The first-order valence-corrected chi connectivity index (χ1v) is 10.4. The number of aromatic nitrogens is 4. The molecule has 29 heavy (non-hydrogen) atoms. The molecular weight excluding hydrogens is 388 g/mol. The van der Waals surface area contributed by atoms with Crippen molar-refractivity contribution in [3.63, 3.8) is 0 Å². The third kappa shape index (κ3) is 4.04. The van der Waals surface area contributed by atoms with Crippen LogP contribution in [0.4, 0.5) is 0 Å². The van der Waals surface area contributed by atoms with E-state index in [4.69, 9.17) is 5.10 Å². The number of benzene rings is 1. The lowest BCUT2D eigenvalue weighted by Crippen LogP contribution is -2.39. The van der Waals surface area contributed by atoms with Gasteiger partial charge in [0.1, 0.15) is 4.88 Å². The van der Waals surface area contributed by atoms with E-state index in [0.717, 1.165) is 35.8 Å². The number of hydrogen-bond donors (Lipinski definition) is 1. The quantitative estimate of drug-likeness (QED) is 0.698. The van der Waals surface area contributed by atoms with Gasteiger partial charge in [0.25, 0.3) is 11.8 Å². The molecule has 150 valence electrons. The molecule has 1 aliphatic rings. The van der Waals surface area contributed by atoms with Crippen LogP contribution in [0.15, 0.2) is 42.7 Å². The Bertz CT molecular complexity index is 986. The van der Waals surface area contributed by atoms with Crippen molar-refractivity contribution in [2.24, 2.45) is 0 Å². The lowest BCUT2D eigenvalue weighted by Gasteiger charge is -2.32. The van der Waals surface area contributed by atoms with Gasteiger partial charge in [0.05, 0.1) is 23.1 Å². The van der Waals surface area contributed by atoms with Crippen LogP contribution >= 0.6 is 11.5 Å². The maximum Gasteiger partial charge on any atom is 0.267 e. The van der Waals surface area contributed by atoms with Gasteiger partial charge in [-0.1, -0.05) is 22.7 Å². The molecular formula is C20H22N6O2S. The summed E-state index contributed by atoms with van der Waals surface area (Å²) >= 11 is 1.10. The van der Waals surface area contributed by atoms with Crippen molar-refractivity contribution in [2.45, 2.75) is 25.7 Å². The molecule has 3 aromatic rings. The molecule has 8 nitrogen and oxygen atoms in total. The second kappa shape index (κ2) is 8.52. The minimum Gasteiger partial charge on any atom is -0.352 e. The van der Waals surface area contributed by atoms with Crippen LogP contribution in [0.3, 0.4) is 0 Å². The molecule has 3 heterocycles. The molecule has 0 saturated carbocycles. The zero-order chi connectivity index (χ0) is 20.2. The molecule has 0 radical (unpaired) electrons. The summed E-state index contributed by atoms with van der Waals surface area (Å²) in [5.74, 6) is -0.206. The van der Waals surface area contributed by atoms with E-state index in [9.17, 15) is 9.59 Å². The van der Waals surface area contributed by atoms with E-state index >= 15 is 0 Å². The first kappa shape index (κ1) is 19.3. The highest BCUT2D eigenvalue weighted by molar-refractivity contribution is 7.07. The Morgan fingerprint density at radius 3 is 2.83 bits per heavy atom. The summed E-state index contributed by atoms with van der Waals surface area (Å²) in [5, 5.41) is 11.4. The largest absolute Gasteiger partial charge is 0.352 e. The van der Waals surface area contributed by atoms with Crippen LogP contribution in [0.1, 0.15) is 51.4 Å². The Labute approximate surface area is 172 Å². The van der Waals surface area contributed by atoms with Crippen molar-refractivity contribution < 1.29 is 9.59 Å². The molecule has 0 bridgehead atoms. The van der Waals surface area contributed by atoms with E-state index in [2.05, 4.69) is 14.9 Å². The molecule has 0 aliphatic carbocycles. The first-order valence-electron chi connectivity index (χ1n) is 9.67. The molecule has 2 aromatic heterocycles. The maximum atomic E-state index is 12.7. The summed E-state index contributed by atoms with van der Waals surface area (Å²) in [5.41, 5.74) is 2.19. The topological polar surface area (TPSA) is 93.0 Å². The number of nitrogens with zero attached hydrogens (tertiary/aromatic N) is 5. The van der Waals surface area contributed by atoms with Crippen molar-refractivity contribution in [1.29, 1.82) is 0 Å². The van der Waals surface area contributed by atoms with Crippen molar-refractivity contribution in [2.75, 3.05) is 19.6 Å². The van der Waals surface area contributed by atoms with Crippen molar-refractivity contribution in [3.05, 3.63) is 58.9 Å². The number of carbonyl (C=O) groups excluding carboxylic acids is 2. The van der Waals surface area contributed by atoms with Crippen LogP contribution in [0.5, 0.6) is 0 Å². The zero-order valence-corrected chi connectivity index (χ0v) is 16.9. The average molecular weight is 411 g/mol. The number of hydrogen-bond acceptors (Lipinski definition) is 6. The highest BCUT2D eigenvalue weighted by atomic mass is 32.1. The highest BCUT2D eigenvalue weighted by Crippen LogP contribution is 2.30. The van der Waals surface area contributed by atoms with Crippen LogP contribution in [0.25, 0.3) is 5.69 Å². The second-order valence-electron chi connectivity index (χ2n) is 6.94. The third-order valence-electron chi connectivity index (χ3n) is 5.01. The van der Waals surface area contributed by atoms with Gasteiger partial charge in [-0.15, -0.1) is 5.10 Å². The van der Waals surface area contributed by atoms with Crippen molar-refractivity contribution in [1.82, 2.24) is 29.6 Å². The lowest BCUT2D eigenvalue weighted by atomic mass is 9.92. The van der Waals surface area contributed by atoms with E-state index in [1.807, 2.05) is 42.2 Å². The number of para-hydroxylation sites is 1. The van der Waals surface area contributed by atoms with Crippen LogP contribution < -0.4 is 5.32 Å². The number of piperidine rings is 1. The van der Waals surface area contributed by atoms with Crippen LogP contribution in [-0.2, 0) is 0 Å². The van der Waals surface area contributed by atoms with E-state index in [1.54, 1.807) is 10.9 Å². The summed E-state index contributed by atoms with van der Waals surface area (Å²) in [6.07, 6.45) is 5.02. The number of rotatable bonds is 5. The number of likely N-dealkylation sites (tertiary alicyclic amines) is 1. The van der Waals surface area contributed by atoms with Gasteiger partial charge in [-0.25, -0.2) is 4.68 Å². The fraction of sp³-hybridized carbons (Fsp3) is 0.350. The maximum absolute atomic E-state index is 12.7. The molecule has 1 fully saturated rings.